The first kappa shape index (κ1) is 16.3. The molecule has 0 fully saturated rings. The van der Waals surface area contributed by atoms with Crippen LogP contribution in [-0.4, -0.2) is 33.0 Å². The molecule has 0 aliphatic rings. The lowest BCUT2D eigenvalue weighted by Crippen LogP contribution is -2.23. The van der Waals surface area contributed by atoms with Crippen LogP contribution in [-0.2, 0) is 11.3 Å². The molecule has 1 aromatic carbocycles. The zero-order valence-electron chi connectivity index (χ0n) is 10.4. The van der Waals surface area contributed by atoms with Gasteiger partial charge in [0.05, 0.1) is 13.7 Å². The molecular formula is C12H15BrF3NO2. The predicted octanol–water partition coefficient (Wildman–Crippen LogP) is 3.13. The van der Waals surface area contributed by atoms with Gasteiger partial charge in [0.2, 0.25) is 0 Å². The molecule has 0 amide bonds. The summed E-state index contributed by atoms with van der Waals surface area (Å²) in [5.74, 6) is 0.730. The zero-order chi connectivity index (χ0) is 14.3. The van der Waals surface area contributed by atoms with E-state index in [1.165, 1.54) is 0 Å². The summed E-state index contributed by atoms with van der Waals surface area (Å²) in [5, 5.41) is 3.00. The van der Waals surface area contributed by atoms with Crippen molar-refractivity contribution in [2.24, 2.45) is 0 Å². The average molecular weight is 342 g/mol. The van der Waals surface area contributed by atoms with Gasteiger partial charge in [-0.25, -0.2) is 0 Å². The Labute approximate surface area is 118 Å². The van der Waals surface area contributed by atoms with Crippen LogP contribution in [0.2, 0.25) is 0 Å². The van der Waals surface area contributed by atoms with Crippen molar-refractivity contribution in [3.05, 3.63) is 28.2 Å². The molecule has 0 bridgehead atoms. The number of nitrogens with one attached hydrogen (secondary N) is 1. The highest BCUT2D eigenvalue weighted by Gasteiger charge is 2.27. The van der Waals surface area contributed by atoms with E-state index in [0.717, 1.165) is 15.8 Å². The van der Waals surface area contributed by atoms with Crippen LogP contribution in [0.5, 0.6) is 5.75 Å². The van der Waals surface area contributed by atoms with Crippen molar-refractivity contribution in [3.8, 4) is 5.75 Å². The van der Waals surface area contributed by atoms with Crippen molar-refractivity contribution in [1.82, 2.24) is 5.32 Å². The van der Waals surface area contributed by atoms with E-state index in [1.54, 1.807) is 7.11 Å². The number of hydrogen-bond acceptors (Lipinski definition) is 3. The van der Waals surface area contributed by atoms with Gasteiger partial charge in [-0.15, -0.1) is 0 Å². The second kappa shape index (κ2) is 7.72. The van der Waals surface area contributed by atoms with Gasteiger partial charge in [-0.05, 0) is 23.8 Å². The van der Waals surface area contributed by atoms with E-state index in [2.05, 4.69) is 26.0 Å². The third-order valence-electron chi connectivity index (χ3n) is 2.26. The minimum absolute atomic E-state index is 0.0150. The van der Waals surface area contributed by atoms with Crippen molar-refractivity contribution in [3.63, 3.8) is 0 Å². The molecule has 0 aliphatic heterocycles. The SMILES string of the molecule is COc1ccc(Br)c(CNCCOCC(F)(F)F)c1. The summed E-state index contributed by atoms with van der Waals surface area (Å²) in [6.07, 6.45) is -4.27. The van der Waals surface area contributed by atoms with E-state index in [9.17, 15) is 13.2 Å². The highest BCUT2D eigenvalue weighted by molar-refractivity contribution is 9.10. The fourth-order valence-electron chi connectivity index (χ4n) is 1.37. The van der Waals surface area contributed by atoms with Crippen LogP contribution in [0.1, 0.15) is 5.56 Å². The summed E-state index contributed by atoms with van der Waals surface area (Å²) in [4.78, 5) is 0. The second-order valence-electron chi connectivity index (χ2n) is 3.80. The Kier molecular flexibility index (Phi) is 6.60. The molecule has 0 aliphatic carbocycles. The van der Waals surface area contributed by atoms with Crippen molar-refractivity contribution in [2.45, 2.75) is 12.7 Å². The highest BCUT2D eigenvalue weighted by atomic mass is 79.9. The van der Waals surface area contributed by atoms with E-state index >= 15 is 0 Å². The van der Waals surface area contributed by atoms with E-state index in [1.807, 2.05) is 18.2 Å². The summed E-state index contributed by atoms with van der Waals surface area (Å²) in [6.45, 7) is -0.328. The standard InChI is InChI=1S/C12H15BrF3NO2/c1-18-10-2-3-11(13)9(6-10)7-17-4-5-19-8-12(14,15)16/h2-3,6,17H,4-5,7-8H2,1H3. The fourth-order valence-corrected chi connectivity index (χ4v) is 1.76. The molecule has 0 saturated carbocycles. The minimum atomic E-state index is -4.27. The Morgan fingerprint density at radius 2 is 2.05 bits per heavy atom. The van der Waals surface area contributed by atoms with Crippen molar-refractivity contribution in [2.75, 3.05) is 26.9 Å². The van der Waals surface area contributed by atoms with Gasteiger partial charge < -0.3 is 14.8 Å². The van der Waals surface area contributed by atoms with Crippen LogP contribution < -0.4 is 10.1 Å². The lowest BCUT2D eigenvalue weighted by Gasteiger charge is -2.10. The Bertz CT molecular complexity index is 399. The molecule has 0 atom stereocenters. The highest BCUT2D eigenvalue weighted by Crippen LogP contribution is 2.22. The second-order valence-corrected chi connectivity index (χ2v) is 4.66. The molecule has 1 rings (SSSR count). The molecule has 1 N–H and O–H groups in total. The molecule has 7 heteroatoms. The summed E-state index contributed by atoms with van der Waals surface area (Å²) < 4.78 is 45.9. The molecular weight excluding hydrogens is 327 g/mol. The number of benzene rings is 1. The third-order valence-corrected chi connectivity index (χ3v) is 3.03. The molecule has 1 aromatic rings. The summed E-state index contributed by atoms with van der Waals surface area (Å²) in [6, 6.07) is 5.53. The van der Waals surface area contributed by atoms with Gasteiger partial charge in [-0.1, -0.05) is 15.9 Å². The summed E-state index contributed by atoms with van der Waals surface area (Å²) in [7, 11) is 1.57. The first-order valence-electron chi connectivity index (χ1n) is 5.60. The van der Waals surface area contributed by atoms with Crippen LogP contribution in [0.15, 0.2) is 22.7 Å². The minimum Gasteiger partial charge on any atom is -0.497 e. The van der Waals surface area contributed by atoms with Crippen LogP contribution >= 0.6 is 15.9 Å². The monoisotopic (exact) mass is 341 g/mol. The molecule has 0 heterocycles. The van der Waals surface area contributed by atoms with E-state index in [4.69, 9.17) is 4.74 Å². The van der Waals surface area contributed by atoms with Gasteiger partial charge in [-0.2, -0.15) is 13.2 Å². The molecule has 19 heavy (non-hydrogen) atoms. The number of alkyl halides is 3. The van der Waals surface area contributed by atoms with Crippen LogP contribution in [0, 0.1) is 0 Å². The Morgan fingerprint density at radius 1 is 1.32 bits per heavy atom. The van der Waals surface area contributed by atoms with E-state index < -0.39 is 12.8 Å². The first-order valence-corrected chi connectivity index (χ1v) is 6.39. The topological polar surface area (TPSA) is 30.5 Å². The van der Waals surface area contributed by atoms with Gasteiger partial charge in [0, 0.05) is 17.6 Å². The lowest BCUT2D eigenvalue weighted by molar-refractivity contribution is -0.173. The number of hydrogen-bond donors (Lipinski definition) is 1. The van der Waals surface area contributed by atoms with Gasteiger partial charge in [0.1, 0.15) is 12.4 Å². The molecule has 0 radical (unpaired) electrons. The molecule has 0 saturated heterocycles. The van der Waals surface area contributed by atoms with Crippen molar-refractivity contribution >= 4 is 15.9 Å². The normalized spacial score (nSPS) is 11.6. The first-order chi connectivity index (χ1) is 8.92. The maximum absolute atomic E-state index is 11.8. The van der Waals surface area contributed by atoms with Gasteiger partial charge in [-0.3, -0.25) is 0 Å². The zero-order valence-corrected chi connectivity index (χ0v) is 12.0. The Hall–Kier alpha value is -0.790. The number of halogens is 4. The third kappa shape index (κ3) is 6.79. The van der Waals surface area contributed by atoms with Crippen molar-refractivity contribution in [1.29, 1.82) is 0 Å². The van der Waals surface area contributed by atoms with Crippen LogP contribution in [0.4, 0.5) is 13.2 Å². The molecule has 0 unspecified atom stereocenters. The number of methoxy groups -OCH3 is 1. The fraction of sp³-hybridized carbons (Fsp3) is 0.500. The lowest BCUT2D eigenvalue weighted by atomic mass is 10.2. The predicted molar refractivity (Wildman–Crippen MR) is 69.3 cm³/mol. The van der Waals surface area contributed by atoms with Gasteiger partial charge >= 0.3 is 6.18 Å². The average Bonchev–Trinajstić information content (AvgIpc) is 2.34. The van der Waals surface area contributed by atoms with Gasteiger partial charge in [0.15, 0.2) is 0 Å². The molecule has 0 aromatic heterocycles. The molecule has 108 valence electrons. The maximum Gasteiger partial charge on any atom is 0.411 e. The Balaban J connectivity index is 2.26. The van der Waals surface area contributed by atoms with Gasteiger partial charge in [0.25, 0.3) is 0 Å². The Morgan fingerprint density at radius 3 is 2.68 bits per heavy atom. The maximum atomic E-state index is 11.8. The van der Waals surface area contributed by atoms with Crippen molar-refractivity contribution < 1.29 is 22.6 Å². The summed E-state index contributed by atoms with van der Waals surface area (Å²) >= 11 is 3.39. The molecule has 0 spiro atoms. The summed E-state index contributed by atoms with van der Waals surface area (Å²) in [5.41, 5.74) is 0.968. The largest absolute Gasteiger partial charge is 0.497 e. The quantitative estimate of drug-likeness (QED) is 0.773. The smallest absolute Gasteiger partial charge is 0.411 e. The van der Waals surface area contributed by atoms with E-state index in [0.29, 0.717) is 13.1 Å². The number of rotatable bonds is 7. The van der Waals surface area contributed by atoms with Crippen LogP contribution in [0.25, 0.3) is 0 Å². The molecule has 3 nitrogen and oxygen atoms in total. The number of ether oxygens (including phenoxy) is 2. The van der Waals surface area contributed by atoms with Crippen LogP contribution in [0.3, 0.4) is 0 Å². The van der Waals surface area contributed by atoms with E-state index in [-0.39, 0.29) is 6.61 Å².